The molecule has 4 heterocycles. The van der Waals surface area contributed by atoms with Crippen LogP contribution in [0.2, 0.25) is 15.1 Å². The summed E-state index contributed by atoms with van der Waals surface area (Å²) in [7, 11) is 1.48. The van der Waals surface area contributed by atoms with Gasteiger partial charge in [-0.15, -0.1) is 0 Å². The average Bonchev–Trinajstić information content (AvgIpc) is 3.46. The number of carbonyl (C=O) groups excluding carboxylic acids is 1. The smallest absolute Gasteiger partial charge is 0.417 e. The van der Waals surface area contributed by atoms with Crippen molar-refractivity contribution in [2.45, 2.75) is 31.3 Å². The van der Waals surface area contributed by atoms with Gasteiger partial charge in [0.15, 0.2) is 11.3 Å². The number of nitrogens with zero attached hydrogens (tertiary/aromatic N) is 5. The number of likely N-dealkylation sites (tertiary alicyclic amines) is 1. The highest BCUT2D eigenvalue weighted by Crippen LogP contribution is 2.39. The fraction of sp³-hybridized carbons (Fsp3) is 0.304. The Morgan fingerprint density at radius 3 is 2.53 bits per heavy atom. The molecular formula is C23H16Cl3F4N5O3. The van der Waals surface area contributed by atoms with Gasteiger partial charge in [-0.05, 0) is 19.1 Å². The van der Waals surface area contributed by atoms with Crippen LogP contribution in [0.15, 0.2) is 35.1 Å². The maximum absolute atomic E-state index is 14.6. The minimum absolute atomic E-state index is 0.0249. The average molecular weight is 593 g/mol. The van der Waals surface area contributed by atoms with Crippen LogP contribution in [0.5, 0.6) is 5.75 Å². The minimum atomic E-state index is -4.60. The van der Waals surface area contributed by atoms with Crippen molar-refractivity contribution in [2.75, 3.05) is 13.6 Å². The molecule has 2 unspecified atom stereocenters. The van der Waals surface area contributed by atoms with E-state index in [-0.39, 0.29) is 62.4 Å². The summed E-state index contributed by atoms with van der Waals surface area (Å²) in [5.74, 6) is -0.531. The van der Waals surface area contributed by atoms with Crippen LogP contribution in [0, 0.1) is 0 Å². The van der Waals surface area contributed by atoms with E-state index in [2.05, 4.69) is 15.1 Å². The summed E-state index contributed by atoms with van der Waals surface area (Å²) < 4.78 is 66.2. The predicted molar refractivity (Wildman–Crippen MR) is 130 cm³/mol. The van der Waals surface area contributed by atoms with E-state index in [0.29, 0.717) is 0 Å². The fourth-order valence-corrected chi connectivity index (χ4v) is 4.87. The van der Waals surface area contributed by atoms with Crippen LogP contribution in [0.3, 0.4) is 0 Å². The fourth-order valence-electron chi connectivity index (χ4n) is 4.17. The first-order valence-electron chi connectivity index (χ1n) is 10.9. The molecule has 0 spiro atoms. The third-order valence-electron chi connectivity index (χ3n) is 5.92. The number of benzene rings is 1. The quantitative estimate of drug-likeness (QED) is 0.256. The molecule has 5 rings (SSSR count). The number of carbonyl (C=O) groups is 1. The van der Waals surface area contributed by atoms with Crippen LogP contribution in [0.1, 0.15) is 18.9 Å². The molecule has 1 aliphatic rings. The summed E-state index contributed by atoms with van der Waals surface area (Å²) in [6, 6.07) is 3.61. The number of rotatable bonds is 4. The van der Waals surface area contributed by atoms with Gasteiger partial charge in [-0.1, -0.05) is 40.0 Å². The first-order chi connectivity index (χ1) is 17.7. The summed E-state index contributed by atoms with van der Waals surface area (Å²) >= 11 is 18.8. The maximum atomic E-state index is 14.6. The van der Waals surface area contributed by atoms with Crippen molar-refractivity contribution in [1.82, 2.24) is 24.4 Å². The lowest BCUT2D eigenvalue weighted by Gasteiger charge is -2.37. The van der Waals surface area contributed by atoms with E-state index >= 15 is 0 Å². The normalized spacial score (nSPS) is 20.4. The largest absolute Gasteiger partial charge is 0.487 e. The molecule has 2 atom stereocenters. The van der Waals surface area contributed by atoms with E-state index in [4.69, 9.17) is 44.1 Å². The first kappa shape index (κ1) is 26.5. The zero-order valence-corrected chi connectivity index (χ0v) is 21.8. The predicted octanol–water partition coefficient (Wildman–Crippen LogP) is 6.37. The van der Waals surface area contributed by atoms with Crippen molar-refractivity contribution in [1.29, 1.82) is 0 Å². The topological polar surface area (TPSA) is 85.8 Å². The minimum Gasteiger partial charge on any atom is -0.487 e. The van der Waals surface area contributed by atoms with E-state index in [9.17, 15) is 22.4 Å². The number of halogens is 7. The van der Waals surface area contributed by atoms with Gasteiger partial charge in [-0.3, -0.25) is 4.79 Å². The van der Waals surface area contributed by atoms with E-state index in [1.54, 1.807) is 0 Å². The highest BCUT2D eigenvalue weighted by molar-refractivity contribution is 6.36. The van der Waals surface area contributed by atoms with Crippen molar-refractivity contribution in [3.05, 3.63) is 51.2 Å². The number of aromatic nitrogens is 4. The second-order valence-electron chi connectivity index (χ2n) is 8.94. The van der Waals surface area contributed by atoms with Crippen molar-refractivity contribution in [3.63, 3.8) is 0 Å². The van der Waals surface area contributed by atoms with E-state index < -0.39 is 29.4 Å². The zero-order chi connectivity index (χ0) is 27.6. The number of piperidine rings is 1. The Hall–Kier alpha value is -3.09. The molecule has 1 aromatic carbocycles. The number of hydrogen-bond donors (Lipinski definition) is 0. The third-order valence-corrected chi connectivity index (χ3v) is 6.80. The second-order valence-corrected chi connectivity index (χ2v) is 10.2. The van der Waals surface area contributed by atoms with Crippen LogP contribution >= 0.6 is 34.8 Å². The number of likely N-dealkylation sites (N-methyl/N-ethyl adjacent to an activating group) is 1. The van der Waals surface area contributed by atoms with Gasteiger partial charge in [-0.2, -0.15) is 18.2 Å². The highest BCUT2D eigenvalue weighted by Gasteiger charge is 2.44. The van der Waals surface area contributed by atoms with E-state index in [1.165, 1.54) is 37.2 Å². The molecule has 200 valence electrons. The molecule has 1 fully saturated rings. The Bertz CT molecular complexity index is 1570. The van der Waals surface area contributed by atoms with Crippen molar-refractivity contribution in [2.24, 2.45) is 0 Å². The summed E-state index contributed by atoms with van der Waals surface area (Å²) in [6.45, 7) is 1.36. The SMILES string of the molecule is CN1CC(Oc2cc(Cl)c(-c3noc(-c4cn5cc(C(F)(F)F)cc(Cl)c5n4)n3)cc2Cl)CC(C)(F)C1=O. The van der Waals surface area contributed by atoms with Crippen molar-refractivity contribution < 1.29 is 31.6 Å². The van der Waals surface area contributed by atoms with Crippen LogP contribution in [0.4, 0.5) is 17.6 Å². The molecule has 4 aromatic rings. The highest BCUT2D eigenvalue weighted by atomic mass is 35.5. The van der Waals surface area contributed by atoms with Gasteiger partial charge in [-0.25, -0.2) is 9.37 Å². The molecular weight excluding hydrogens is 577 g/mol. The van der Waals surface area contributed by atoms with Crippen LogP contribution in [-0.4, -0.2) is 55.7 Å². The number of ether oxygens (including phenoxy) is 1. The molecule has 0 N–H and O–H groups in total. The molecule has 0 bridgehead atoms. The number of fused-ring (bicyclic) bond motifs is 1. The monoisotopic (exact) mass is 591 g/mol. The lowest BCUT2D eigenvalue weighted by Crippen LogP contribution is -2.54. The number of pyridine rings is 1. The summed E-state index contributed by atoms with van der Waals surface area (Å²) in [5, 5.41) is 3.91. The van der Waals surface area contributed by atoms with Crippen LogP contribution < -0.4 is 4.74 Å². The van der Waals surface area contributed by atoms with E-state index in [0.717, 1.165) is 16.7 Å². The van der Waals surface area contributed by atoms with Gasteiger partial charge in [0.2, 0.25) is 5.82 Å². The summed E-state index contributed by atoms with van der Waals surface area (Å²) in [4.78, 5) is 21.6. The Kier molecular flexibility index (Phi) is 6.48. The zero-order valence-electron chi connectivity index (χ0n) is 19.5. The molecule has 0 radical (unpaired) electrons. The van der Waals surface area contributed by atoms with Crippen LogP contribution in [0.25, 0.3) is 28.6 Å². The Labute approximate surface area is 227 Å². The molecule has 1 saturated heterocycles. The van der Waals surface area contributed by atoms with Crippen LogP contribution in [-0.2, 0) is 11.0 Å². The molecule has 1 amide bonds. The van der Waals surface area contributed by atoms with Crippen molar-refractivity contribution >= 4 is 46.4 Å². The Morgan fingerprint density at radius 1 is 1.11 bits per heavy atom. The lowest BCUT2D eigenvalue weighted by molar-refractivity contribution is -0.150. The third kappa shape index (κ3) is 4.87. The van der Waals surface area contributed by atoms with Gasteiger partial charge in [0, 0.05) is 37.5 Å². The second kappa shape index (κ2) is 9.28. The van der Waals surface area contributed by atoms with E-state index in [1.807, 2.05) is 0 Å². The lowest BCUT2D eigenvalue weighted by atomic mass is 9.94. The first-order valence-corrected chi connectivity index (χ1v) is 12.1. The molecule has 8 nitrogen and oxygen atoms in total. The van der Waals surface area contributed by atoms with Gasteiger partial charge >= 0.3 is 6.18 Å². The summed E-state index contributed by atoms with van der Waals surface area (Å²) in [5.41, 5.74) is -2.61. The molecule has 15 heteroatoms. The molecule has 38 heavy (non-hydrogen) atoms. The standard InChI is InChI=1S/C23H16Cl3F4N5O3/c1-22(27)6-11(8-34(2)21(22)36)37-17-5-13(24)12(4-14(17)25)18-32-20(38-33-18)16-9-35-7-10(23(28,29)30)3-15(26)19(35)31-16/h3-5,7,9,11H,6,8H2,1-2H3. The van der Waals surface area contributed by atoms with Gasteiger partial charge in [0.05, 0.1) is 27.2 Å². The van der Waals surface area contributed by atoms with Gasteiger partial charge in [0.1, 0.15) is 17.5 Å². The number of amides is 1. The maximum Gasteiger partial charge on any atom is 0.417 e. The number of hydrogen-bond acceptors (Lipinski definition) is 6. The molecule has 1 aliphatic heterocycles. The van der Waals surface area contributed by atoms with Gasteiger partial charge < -0.3 is 18.6 Å². The number of alkyl halides is 4. The molecule has 3 aromatic heterocycles. The van der Waals surface area contributed by atoms with Gasteiger partial charge in [0.25, 0.3) is 11.8 Å². The molecule has 0 aliphatic carbocycles. The van der Waals surface area contributed by atoms with Crippen molar-refractivity contribution in [3.8, 4) is 28.7 Å². The number of imidazole rings is 1. The Morgan fingerprint density at radius 2 is 1.84 bits per heavy atom. The molecule has 0 saturated carbocycles. The summed E-state index contributed by atoms with van der Waals surface area (Å²) in [6.07, 6.45) is -3.31. The Balaban J connectivity index is 1.41.